The summed E-state index contributed by atoms with van der Waals surface area (Å²) in [6, 6.07) is 20.8. The molecule has 5 heteroatoms. The van der Waals surface area contributed by atoms with Crippen molar-refractivity contribution in [2.24, 2.45) is 0 Å². The smallest absolute Gasteiger partial charge is 0.337 e. The lowest BCUT2D eigenvalue weighted by molar-refractivity contribution is 0.0600. The third-order valence-corrected chi connectivity index (χ3v) is 4.56. The van der Waals surface area contributed by atoms with E-state index in [9.17, 15) is 14.4 Å². The number of carbonyl (C=O) groups is 3. The van der Waals surface area contributed by atoms with Crippen LogP contribution in [0.2, 0.25) is 0 Å². The summed E-state index contributed by atoms with van der Waals surface area (Å²) in [5, 5.41) is 2.83. The SMILES string of the molecule is COC(=O)c1ccc(CNC(=O)c2ccccc2C(=O)c2ccc(C)cc2)cc1. The Kier molecular flexibility index (Phi) is 6.19. The summed E-state index contributed by atoms with van der Waals surface area (Å²) in [6.45, 7) is 2.22. The molecule has 0 aliphatic rings. The highest BCUT2D eigenvalue weighted by Crippen LogP contribution is 2.16. The highest BCUT2D eigenvalue weighted by molar-refractivity contribution is 6.15. The van der Waals surface area contributed by atoms with E-state index in [-0.39, 0.29) is 18.2 Å². The van der Waals surface area contributed by atoms with E-state index in [2.05, 4.69) is 10.1 Å². The average Bonchev–Trinajstić information content (AvgIpc) is 2.77. The molecular weight excluding hydrogens is 366 g/mol. The van der Waals surface area contributed by atoms with Crippen molar-refractivity contribution in [2.75, 3.05) is 7.11 Å². The van der Waals surface area contributed by atoms with Crippen LogP contribution in [0.15, 0.2) is 72.8 Å². The van der Waals surface area contributed by atoms with Gasteiger partial charge < -0.3 is 10.1 Å². The van der Waals surface area contributed by atoms with Crippen molar-refractivity contribution >= 4 is 17.7 Å². The largest absolute Gasteiger partial charge is 0.465 e. The van der Waals surface area contributed by atoms with Gasteiger partial charge in [0.2, 0.25) is 0 Å². The van der Waals surface area contributed by atoms with Gasteiger partial charge in [-0.2, -0.15) is 0 Å². The number of aryl methyl sites for hydroxylation is 1. The number of ether oxygens (including phenoxy) is 1. The fraction of sp³-hybridized carbons (Fsp3) is 0.125. The molecule has 0 unspecified atom stereocenters. The molecule has 0 aromatic heterocycles. The molecule has 3 rings (SSSR count). The van der Waals surface area contributed by atoms with Gasteiger partial charge >= 0.3 is 5.97 Å². The molecule has 0 heterocycles. The normalized spacial score (nSPS) is 10.3. The van der Waals surface area contributed by atoms with Crippen molar-refractivity contribution in [3.63, 3.8) is 0 Å². The van der Waals surface area contributed by atoms with E-state index in [0.717, 1.165) is 11.1 Å². The van der Waals surface area contributed by atoms with Crippen molar-refractivity contribution in [1.82, 2.24) is 5.32 Å². The van der Waals surface area contributed by atoms with Gasteiger partial charge in [-0.05, 0) is 30.7 Å². The minimum atomic E-state index is -0.413. The average molecular weight is 387 g/mol. The molecular formula is C24H21NO4. The zero-order chi connectivity index (χ0) is 20.8. The zero-order valence-electron chi connectivity index (χ0n) is 16.3. The molecule has 0 saturated carbocycles. The molecule has 5 nitrogen and oxygen atoms in total. The van der Waals surface area contributed by atoms with Crippen LogP contribution in [-0.2, 0) is 11.3 Å². The molecule has 1 N–H and O–H groups in total. The fourth-order valence-corrected chi connectivity index (χ4v) is 2.89. The number of hydrogen-bond donors (Lipinski definition) is 1. The fourth-order valence-electron chi connectivity index (χ4n) is 2.89. The Hall–Kier alpha value is -3.73. The number of ketones is 1. The van der Waals surface area contributed by atoms with Crippen molar-refractivity contribution in [1.29, 1.82) is 0 Å². The van der Waals surface area contributed by atoms with Gasteiger partial charge in [0.25, 0.3) is 5.91 Å². The maximum Gasteiger partial charge on any atom is 0.337 e. The summed E-state index contributed by atoms with van der Waals surface area (Å²) >= 11 is 0. The second kappa shape index (κ2) is 8.97. The molecule has 0 saturated heterocycles. The quantitative estimate of drug-likeness (QED) is 0.514. The first-order chi connectivity index (χ1) is 14.0. The Labute approximate surface area is 169 Å². The number of methoxy groups -OCH3 is 1. The van der Waals surface area contributed by atoms with Gasteiger partial charge in [0.05, 0.1) is 18.2 Å². The molecule has 0 spiro atoms. The van der Waals surface area contributed by atoms with Crippen LogP contribution in [0.3, 0.4) is 0 Å². The molecule has 0 bridgehead atoms. The Balaban J connectivity index is 1.74. The summed E-state index contributed by atoms with van der Waals surface area (Å²) in [4.78, 5) is 37.1. The number of rotatable bonds is 6. The van der Waals surface area contributed by atoms with Crippen LogP contribution in [0.1, 0.15) is 47.8 Å². The van der Waals surface area contributed by atoms with Gasteiger partial charge in [-0.15, -0.1) is 0 Å². The molecule has 3 aromatic rings. The first-order valence-electron chi connectivity index (χ1n) is 9.15. The summed E-state index contributed by atoms with van der Waals surface area (Å²) < 4.78 is 4.67. The lowest BCUT2D eigenvalue weighted by atomic mass is 9.97. The van der Waals surface area contributed by atoms with E-state index in [4.69, 9.17) is 0 Å². The van der Waals surface area contributed by atoms with Crippen LogP contribution in [0.25, 0.3) is 0 Å². The van der Waals surface area contributed by atoms with Crippen LogP contribution in [0.5, 0.6) is 0 Å². The molecule has 0 aliphatic carbocycles. The van der Waals surface area contributed by atoms with Crippen LogP contribution in [-0.4, -0.2) is 24.8 Å². The maximum atomic E-state index is 12.9. The molecule has 0 radical (unpaired) electrons. The minimum absolute atomic E-state index is 0.196. The van der Waals surface area contributed by atoms with Crippen LogP contribution in [0, 0.1) is 6.92 Å². The Bertz CT molecular complexity index is 1040. The predicted octanol–water partition coefficient (Wildman–Crippen LogP) is 3.94. The summed E-state index contributed by atoms with van der Waals surface area (Å²) in [7, 11) is 1.33. The lowest BCUT2D eigenvalue weighted by Crippen LogP contribution is -2.25. The van der Waals surface area contributed by atoms with E-state index in [1.54, 1.807) is 60.7 Å². The first-order valence-corrected chi connectivity index (χ1v) is 9.15. The van der Waals surface area contributed by atoms with E-state index in [1.165, 1.54) is 7.11 Å². The van der Waals surface area contributed by atoms with Gasteiger partial charge in [0.1, 0.15) is 0 Å². The molecule has 146 valence electrons. The van der Waals surface area contributed by atoms with E-state index in [1.807, 2.05) is 19.1 Å². The lowest BCUT2D eigenvalue weighted by Gasteiger charge is -2.10. The van der Waals surface area contributed by atoms with Gasteiger partial charge in [0, 0.05) is 17.7 Å². The van der Waals surface area contributed by atoms with Crippen LogP contribution >= 0.6 is 0 Å². The number of nitrogens with one attached hydrogen (secondary N) is 1. The minimum Gasteiger partial charge on any atom is -0.465 e. The van der Waals surface area contributed by atoms with Crippen LogP contribution in [0.4, 0.5) is 0 Å². The van der Waals surface area contributed by atoms with Crippen molar-refractivity contribution < 1.29 is 19.1 Å². The maximum absolute atomic E-state index is 12.9. The topological polar surface area (TPSA) is 72.5 Å². The number of benzene rings is 3. The third-order valence-electron chi connectivity index (χ3n) is 4.56. The molecule has 3 aromatic carbocycles. The third kappa shape index (κ3) is 4.76. The van der Waals surface area contributed by atoms with Gasteiger partial charge in [-0.1, -0.05) is 60.2 Å². The van der Waals surface area contributed by atoms with Crippen molar-refractivity contribution in [2.45, 2.75) is 13.5 Å². The Morgan fingerprint density at radius 3 is 2.00 bits per heavy atom. The number of amides is 1. The predicted molar refractivity (Wildman–Crippen MR) is 110 cm³/mol. The van der Waals surface area contributed by atoms with Gasteiger partial charge in [-0.25, -0.2) is 4.79 Å². The van der Waals surface area contributed by atoms with Gasteiger partial charge in [0.15, 0.2) is 5.78 Å². The monoisotopic (exact) mass is 387 g/mol. The van der Waals surface area contributed by atoms with Crippen molar-refractivity contribution in [3.05, 3.63) is 106 Å². The summed E-state index contributed by atoms with van der Waals surface area (Å²) in [6.07, 6.45) is 0. The standard InChI is InChI=1S/C24H21NO4/c1-16-7-11-18(12-8-16)22(26)20-5-3-4-6-21(20)23(27)25-15-17-9-13-19(14-10-17)24(28)29-2/h3-14H,15H2,1-2H3,(H,25,27). The van der Waals surface area contributed by atoms with Crippen LogP contribution < -0.4 is 5.32 Å². The number of esters is 1. The van der Waals surface area contributed by atoms with E-state index >= 15 is 0 Å². The summed E-state index contributed by atoms with van der Waals surface area (Å²) in [5.41, 5.74) is 3.55. The molecule has 0 atom stereocenters. The van der Waals surface area contributed by atoms with Gasteiger partial charge in [-0.3, -0.25) is 9.59 Å². The highest BCUT2D eigenvalue weighted by atomic mass is 16.5. The van der Waals surface area contributed by atoms with E-state index < -0.39 is 5.97 Å². The molecule has 1 amide bonds. The van der Waals surface area contributed by atoms with E-state index in [0.29, 0.717) is 22.3 Å². The second-order valence-electron chi connectivity index (χ2n) is 6.61. The highest BCUT2D eigenvalue weighted by Gasteiger charge is 2.18. The Morgan fingerprint density at radius 2 is 1.38 bits per heavy atom. The molecule has 0 aliphatic heterocycles. The number of hydrogen-bond acceptors (Lipinski definition) is 4. The second-order valence-corrected chi connectivity index (χ2v) is 6.61. The zero-order valence-corrected chi connectivity index (χ0v) is 16.3. The van der Waals surface area contributed by atoms with Crippen molar-refractivity contribution in [3.8, 4) is 0 Å². The Morgan fingerprint density at radius 1 is 0.793 bits per heavy atom. The number of carbonyl (C=O) groups excluding carboxylic acids is 3. The summed E-state index contributed by atoms with van der Waals surface area (Å²) in [5.74, 6) is -0.944. The molecule has 29 heavy (non-hydrogen) atoms. The molecule has 0 fully saturated rings. The first kappa shape index (κ1) is 20.0.